The third-order valence-corrected chi connectivity index (χ3v) is 1.83. The molecule has 0 fully saturated rings. The van der Waals surface area contributed by atoms with Gasteiger partial charge in [0.25, 0.3) is 0 Å². The Hall–Kier alpha value is -1.38. The van der Waals surface area contributed by atoms with Crippen LogP contribution in [0.3, 0.4) is 0 Å². The Bertz CT molecular complexity index is 274. The normalized spacial score (nSPS) is 9.92. The number of rotatable bonds is 4. The van der Waals surface area contributed by atoms with Gasteiger partial charge in [0.2, 0.25) is 0 Å². The van der Waals surface area contributed by atoms with Crippen molar-refractivity contribution in [2.75, 3.05) is 11.9 Å². The van der Waals surface area contributed by atoms with Crippen LogP contribution in [0.1, 0.15) is 19.8 Å². The van der Waals surface area contributed by atoms with Crippen LogP contribution in [0, 0.1) is 0 Å². The van der Waals surface area contributed by atoms with Gasteiger partial charge in [0.05, 0.1) is 5.69 Å². The van der Waals surface area contributed by atoms with Crippen molar-refractivity contribution >= 4 is 5.69 Å². The number of hydrogen-bond donors (Lipinski definition) is 3. The second-order valence-corrected chi connectivity index (χ2v) is 2.98. The molecule has 13 heavy (non-hydrogen) atoms. The highest BCUT2D eigenvalue weighted by atomic mass is 16.3. The summed E-state index contributed by atoms with van der Waals surface area (Å²) in [7, 11) is 0. The Labute approximate surface area is 78.0 Å². The zero-order valence-corrected chi connectivity index (χ0v) is 7.75. The van der Waals surface area contributed by atoms with Crippen LogP contribution in [-0.2, 0) is 0 Å². The van der Waals surface area contributed by atoms with E-state index in [4.69, 9.17) is 5.11 Å². The highest BCUT2D eigenvalue weighted by Crippen LogP contribution is 2.26. The summed E-state index contributed by atoms with van der Waals surface area (Å²) < 4.78 is 0. The van der Waals surface area contributed by atoms with Gasteiger partial charge in [0.15, 0.2) is 0 Å². The van der Waals surface area contributed by atoms with Gasteiger partial charge in [-0.05, 0) is 18.6 Å². The summed E-state index contributed by atoms with van der Waals surface area (Å²) in [5.74, 6) is 0.339. The average molecular weight is 181 g/mol. The number of phenolic OH excluding ortho intramolecular Hbond substituents is 2. The quantitative estimate of drug-likeness (QED) is 0.379. The van der Waals surface area contributed by atoms with Crippen LogP contribution >= 0.6 is 0 Å². The monoisotopic (exact) mass is 181 g/mol. The van der Waals surface area contributed by atoms with Crippen LogP contribution in [-0.4, -0.2) is 16.8 Å². The van der Waals surface area contributed by atoms with E-state index in [-0.39, 0.29) is 11.5 Å². The van der Waals surface area contributed by atoms with Crippen LogP contribution in [0.2, 0.25) is 0 Å². The van der Waals surface area contributed by atoms with Crippen LogP contribution < -0.4 is 5.32 Å². The molecule has 1 rings (SSSR count). The molecule has 0 radical (unpaired) electrons. The molecular weight excluding hydrogens is 166 g/mol. The lowest BCUT2D eigenvalue weighted by molar-refractivity contribution is 0.462. The Kier molecular flexibility index (Phi) is 3.43. The van der Waals surface area contributed by atoms with Gasteiger partial charge in [-0.1, -0.05) is 13.3 Å². The molecule has 3 heteroatoms. The van der Waals surface area contributed by atoms with Crippen molar-refractivity contribution in [1.29, 1.82) is 0 Å². The topological polar surface area (TPSA) is 52.5 Å². The number of unbranched alkanes of at least 4 members (excludes halogenated alkanes) is 1. The largest absolute Gasteiger partial charge is 0.508 e. The molecule has 0 aliphatic heterocycles. The zero-order valence-electron chi connectivity index (χ0n) is 7.75. The van der Waals surface area contributed by atoms with Gasteiger partial charge in [-0.15, -0.1) is 0 Å². The van der Waals surface area contributed by atoms with E-state index in [9.17, 15) is 5.11 Å². The van der Waals surface area contributed by atoms with Crippen LogP contribution in [0.5, 0.6) is 11.5 Å². The Morgan fingerprint density at radius 3 is 2.77 bits per heavy atom. The maximum Gasteiger partial charge on any atom is 0.138 e. The third-order valence-electron chi connectivity index (χ3n) is 1.83. The summed E-state index contributed by atoms with van der Waals surface area (Å²) >= 11 is 0. The summed E-state index contributed by atoms with van der Waals surface area (Å²) in [5, 5.41) is 21.5. The first kappa shape index (κ1) is 9.71. The summed E-state index contributed by atoms with van der Waals surface area (Å²) in [6, 6.07) is 4.45. The van der Waals surface area contributed by atoms with Crippen molar-refractivity contribution in [3.8, 4) is 11.5 Å². The minimum atomic E-state index is 0.164. The van der Waals surface area contributed by atoms with Crippen molar-refractivity contribution in [3.63, 3.8) is 0 Å². The molecular formula is C10H15NO2. The Morgan fingerprint density at radius 2 is 2.08 bits per heavy atom. The minimum absolute atomic E-state index is 0.164. The van der Waals surface area contributed by atoms with E-state index < -0.39 is 0 Å². The average Bonchev–Trinajstić information content (AvgIpc) is 2.11. The lowest BCUT2D eigenvalue weighted by Gasteiger charge is -2.07. The predicted octanol–water partition coefficient (Wildman–Crippen LogP) is 2.31. The van der Waals surface area contributed by atoms with Crippen LogP contribution in [0.4, 0.5) is 5.69 Å². The summed E-state index contributed by atoms with van der Waals surface area (Å²) in [5.41, 5.74) is 0.591. The molecule has 0 spiro atoms. The summed E-state index contributed by atoms with van der Waals surface area (Å²) in [4.78, 5) is 0. The van der Waals surface area contributed by atoms with E-state index in [0.29, 0.717) is 5.69 Å². The van der Waals surface area contributed by atoms with Crippen molar-refractivity contribution in [2.45, 2.75) is 19.8 Å². The number of hydrogen-bond acceptors (Lipinski definition) is 3. The van der Waals surface area contributed by atoms with Crippen LogP contribution in [0.15, 0.2) is 18.2 Å². The molecule has 0 bridgehead atoms. The zero-order chi connectivity index (χ0) is 9.68. The van der Waals surface area contributed by atoms with Gasteiger partial charge in [-0.2, -0.15) is 0 Å². The van der Waals surface area contributed by atoms with E-state index in [2.05, 4.69) is 12.2 Å². The molecule has 0 saturated carbocycles. The first-order valence-corrected chi connectivity index (χ1v) is 4.50. The molecule has 0 amide bonds. The van der Waals surface area contributed by atoms with Gasteiger partial charge in [-0.25, -0.2) is 0 Å². The highest BCUT2D eigenvalue weighted by molar-refractivity contribution is 5.58. The number of anilines is 1. The molecule has 3 nitrogen and oxygen atoms in total. The summed E-state index contributed by atoms with van der Waals surface area (Å²) in [6.07, 6.45) is 2.15. The lowest BCUT2D eigenvalue weighted by atomic mass is 10.2. The van der Waals surface area contributed by atoms with Gasteiger partial charge < -0.3 is 15.5 Å². The summed E-state index contributed by atoms with van der Waals surface area (Å²) in [6.45, 7) is 2.91. The fourth-order valence-electron chi connectivity index (χ4n) is 1.07. The SMILES string of the molecule is CCCCNc1cc(O)ccc1O. The van der Waals surface area contributed by atoms with Gasteiger partial charge >= 0.3 is 0 Å². The molecule has 1 aromatic rings. The molecule has 1 aromatic carbocycles. The van der Waals surface area contributed by atoms with Crippen LogP contribution in [0.25, 0.3) is 0 Å². The second-order valence-electron chi connectivity index (χ2n) is 2.98. The van der Waals surface area contributed by atoms with Crippen molar-refractivity contribution in [3.05, 3.63) is 18.2 Å². The molecule has 0 aliphatic rings. The molecule has 0 heterocycles. The lowest BCUT2D eigenvalue weighted by Crippen LogP contribution is -2.00. The van der Waals surface area contributed by atoms with Gasteiger partial charge in [0.1, 0.15) is 11.5 Å². The Balaban J connectivity index is 2.59. The molecule has 0 saturated heterocycles. The standard InChI is InChI=1S/C10H15NO2/c1-2-3-6-11-9-7-8(12)4-5-10(9)13/h4-5,7,11-13H,2-3,6H2,1H3. The molecule has 0 unspecified atom stereocenters. The number of benzene rings is 1. The molecule has 0 aliphatic carbocycles. The minimum Gasteiger partial charge on any atom is -0.508 e. The van der Waals surface area contributed by atoms with E-state index in [1.807, 2.05) is 0 Å². The van der Waals surface area contributed by atoms with E-state index in [0.717, 1.165) is 19.4 Å². The Morgan fingerprint density at radius 1 is 1.31 bits per heavy atom. The van der Waals surface area contributed by atoms with Crippen molar-refractivity contribution < 1.29 is 10.2 Å². The molecule has 0 aromatic heterocycles. The van der Waals surface area contributed by atoms with E-state index in [1.54, 1.807) is 0 Å². The fraction of sp³-hybridized carbons (Fsp3) is 0.400. The maximum absolute atomic E-state index is 9.36. The van der Waals surface area contributed by atoms with Gasteiger partial charge in [0, 0.05) is 12.6 Å². The second kappa shape index (κ2) is 4.60. The van der Waals surface area contributed by atoms with E-state index in [1.165, 1.54) is 18.2 Å². The van der Waals surface area contributed by atoms with Crippen molar-refractivity contribution in [2.24, 2.45) is 0 Å². The van der Waals surface area contributed by atoms with Gasteiger partial charge in [-0.3, -0.25) is 0 Å². The number of phenols is 2. The number of nitrogens with one attached hydrogen (secondary N) is 1. The fourth-order valence-corrected chi connectivity index (χ4v) is 1.07. The smallest absolute Gasteiger partial charge is 0.138 e. The molecule has 3 N–H and O–H groups in total. The molecule has 0 atom stereocenters. The highest BCUT2D eigenvalue weighted by Gasteiger charge is 2.00. The predicted molar refractivity (Wildman–Crippen MR) is 53.2 cm³/mol. The maximum atomic E-state index is 9.36. The molecule has 72 valence electrons. The first-order chi connectivity index (χ1) is 6.24. The number of aromatic hydroxyl groups is 2. The first-order valence-electron chi connectivity index (χ1n) is 4.50. The van der Waals surface area contributed by atoms with Crippen molar-refractivity contribution in [1.82, 2.24) is 0 Å². The van der Waals surface area contributed by atoms with E-state index >= 15 is 0 Å². The third kappa shape index (κ3) is 2.86.